The van der Waals surface area contributed by atoms with Crippen LogP contribution >= 0.6 is 0 Å². The molecule has 1 saturated heterocycles. The lowest BCUT2D eigenvalue weighted by atomic mass is 9.99. The predicted octanol–water partition coefficient (Wildman–Crippen LogP) is 5.49. The van der Waals surface area contributed by atoms with Gasteiger partial charge in [0.25, 0.3) is 0 Å². The van der Waals surface area contributed by atoms with Crippen molar-refractivity contribution in [3.05, 3.63) is 107 Å². The van der Waals surface area contributed by atoms with Gasteiger partial charge in [-0.05, 0) is 49.1 Å². The van der Waals surface area contributed by atoms with E-state index in [1.165, 1.54) is 5.56 Å². The molecule has 2 amide bonds. The highest BCUT2D eigenvalue weighted by Gasteiger charge is 2.33. The van der Waals surface area contributed by atoms with E-state index in [4.69, 9.17) is 14.7 Å². The van der Waals surface area contributed by atoms with Gasteiger partial charge in [-0.25, -0.2) is 5.48 Å². The van der Waals surface area contributed by atoms with Crippen LogP contribution in [0.2, 0.25) is 0 Å². The molecule has 0 aliphatic carbocycles. The van der Waals surface area contributed by atoms with Crippen molar-refractivity contribution < 1.29 is 29.4 Å². The van der Waals surface area contributed by atoms with Gasteiger partial charge in [0, 0.05) is 44.0 Å². The maximum atomic E-state index is 12.3. The highest BCUT2D eigenvalue weighted by atomic mass is 16.7. The smallest absolute Gasteiger partial charge is 0.243 e. The largest absolute Gasteiger partial charge is 0.392 e. The quantitative estimate of drug-likeness (QED) is 0.103. The summed E-state index contributed by atoms with van der Waals surface area (Å²) in [5.74, 6) is -0.443. The van der Waals surface area contributed by atoms with E-state index < -0.39 is 12.2 Å². The van der Waals surface area contributed by atoms with Crippen molar-refractivity contribution in [2.75, 3.05) is 13.6 Å². The number of nitrogens with one attached hydrogen (secondary N) is 2. The van der Waals surface area contributed by atoms with Crippen LogP contribution in [0, 0.1) is 0 Å². The molecule has 0 radical (unpaired) electrons. The minimum absolute atomic E-state index is 0.000639. The molecule has 1 fully saturated rings. The van der Waals surface area contributed by atoms with Gasteiger partial charge in [0.1, 0.15) is 0 Å². The fourth-order valence-electron chi connectivity index (χ4n) is 5.38. The second-order valence-corrected chi connectivity index (χ2v) is 11.5. The molecule has 9 heteroatoms. The number of hydroxylamine groups is 1. The Balaban J connectivity index is 1.36. The lowest BCUT2D eigenvalue weighted by Crippen LogP contribution is -2.38. The monoisotopic (exact) mass is 603 g/mol. The molecule has 4 atom stereocenters. The number of benzene rings is 3. The summed E-state index contributed by atoms with van der Waals surface area (Å²) in [7, 11) is 2.12. The number of rotatable bonds is 15. The number of likely N-dealkylation sites (N-methyl/N-ethyl adjacent to an activating group) is 1. The molecule has 3 aromatic carbocycles. The number of hydrogen-bond donors (Lipinski definition) is 4. The van der Waals surface area contributed by atoms with E-state index in [0.717, 1.165) is 35.2 Å². The number of aliphatic hydroxyl groups excluding tert-OH is 1. The molecule has 0 bridgehead atoms. The van der Waals surface area contributed by atoms with E-state index in [1.807, 2.05) is 54.6 Å². The van der Waals surface area contributed by atoms with Gasteiger partial charge < -0.3 is 19.9 Å². The van der Waals surface area contributed by atoms with Crippen molar-refractivity contribution in [1.82, 2.24) is 15.7 Å². The van der Waals surface area contributed by atoms with Gasteiger partial charge in [-0.15, -0.1) is 0 Å². The third-order valence-electron chi connectivity index (χ3n) is 8.22. The Morgan fingerprint density at radius 3 is 2.16 bits per heavy atom. The van der Waals surface area contributed by atoms with Gasteiger partial charge in [0.05, 0.1) is 18.8 Å². The van der Waals surface area contributed by atoms with E-state index in [-0.39, 0.29) is 37.2 Å². The number of hydrogen-bond acceptors (Lipinski definition) is 7. The van der Waals surface area contributed by atoms with Gasteiger partial charge in [-0.1, -0.05) is 85.3 Å². The molecule has 0 unspecified atom stereocenters. The fourth-order valence-corrected chi connectivity index (χ4v) is 5.38. The zero-order valence-electron chi connectivity index (χ0n) is 25.7. The molecule has 1 aliphatic heterocycles. The van der Waals surface area contributed by atoms with Crippen LogP contribution in [-0.4, -0.2) is 46.7 Å². The van der Waals surface area contributed by atoms with Gasteiger partial charge in [-0.3, -0.25) is 19.7 Å². The average Bonchev–Trinajstić information content (AvgIpc) is 3.07. The first-order valence-electron chi connectivity index (χ1n) is 15.4. The lowest BCUT2D eigenvalue weighted by Gasteiger charge is -2.39. The van der Waals surface area contributed by atoms with Gasteiger partial charge in [-0.2, -0.15) is 0 Å². The number of carbonyl (C=O) groups excluding carboxylic acids is 2. The van der Waals surface area contributed by atoms with Crippen molar-refractivity contribution in [1.29, 1.82) is 0 Å². The molecule has 9 nitrogen and oxygen atoms in total. The van der Waals surface area contributed by atoms with Gasteiger partial charge in [0.2, 0.25) is 11.8 Å². The predicted molar refractivity (Wildman–Crippen MR) is 167 cm³/mol. The average molecular weight is 604 g/mol. The third kappa shape index (κ3) is 9.97. The van der Waals surface area contributed by atoms with Crippen LogP contribution in [0.4, 0.5) is 0 Å². The second-order valence-electron chi connectivity index (χ2n) is 11.5. The molecule has 4 rings (SSSR count). The van der Waals surface area contributed by atoms with Crippen LogP contribution in [0.3, 0.4) is 0 Å². The van der Waals surface area contributed by atoms with E-state index in [9.17, 15) is 14.7 Å². The Labute approximate surface area is 260 Å². The Kier molecular flexibility index (Phi) is 12.9. The van der Waals surface area contributed by atoms with Crippen molar-refractivity contribution in [2.45, 2.75) is 83.1 Å². The molecule has 3 aromatic rings. The normalized spacial score (nSPS) is 19.0. The third-order valence-corrected chi connectivity index (χ3v) is 8.22. The first-order valence-corrected chi connectivity index (χ1v) is 15.4. The number of nitrogens with zero attached hydrogens (tertiary/aromatic N) is 1. The number of amides is 2. The van der Waals surface area contributed by atoms with Crippen molar-refractivity contribution in [2.24, 2.45) is 0 Å². The molecule has 44 heavy (non-hydrogen) atoms. The van der Waals surface area contributed by atoms with E-state index in [0.29, 0.717) is 32.2 Å². The summed E-state index contributed by atoms with van der Waals surface area (Å²) >= 11 is 0. The minimum atomic E-state index is -0.548. The molecule has 1 aliphatic rings. The van der Waals surface area contributed by atoms with Crippen LogP contribution in [0.1, 0.15) is 91.7 Å². The first kappa shape index (κ1) is 33.3. The van der Waals surface area contributed by atoms with Crippen LogP contribution in [-0.2, 0) is 32.2 Å². The van der Waals surface area contributed by atoms with E-state index in [1.54, 1.807) is 5.48 Å². The van der Waals surface area contributed by atoms with Gasteiger partial charge >= 0.3 is 0 Å². The van der Waals surface area contributed by atoms with E-state index >= 15 is 0 Å². The van der Waals surface area contributed by atoms with Crippen LogP contribution in [0.25, 0.3) is 0 Å². The fraction of sp³-hybridized carbons (Fsp3) is 0.429. The van der Waals surface area contributed by atoms with E-state index in [2.05, 4.69) is 48.5 Å². The second kappa shape index (κ2) is 17.0. The summed E-state index contributed by atoms with van der Waals surface area (Å²) in [6.07, 6.45) is 2.63. The van der Waals surface area contributed by atoms with Crippen molar-refractivity contribution in [3.63, 3.8) is 0 Å². The van der Waals surface area contributed by atoms with Crippen LogP contribution < -0.4 is 10.8 Å². The van der Waals surface area contributed by atoms with Gasteiger partial charge in [0.15, 0.2) is 6.29 Å². The summed E-state index contributed by atoms with van der Waals surface area (Å²) in [4.78, 5) is 25.6. The summed E-state index contributed by atoms with van der Waals surface area (Å²) in [6.45, 7) is 3.36. The molecule has 4 N–H and O–H groups in total. The Morgan fingerprint density at radius 2 is 1.50 bits per heavy atom. The summed E-state index contributed by atoms with van der Waals surface area (Å²) in [5, 5.41) is 21.0. The summed E-state index contributed by atoms with van der Waals surface area (Å²) < 4.78 is 13.0. The molecule has 1 heterocycles. The lowest BCUT2D eigenvalue weighted by molar-refractivity contribution is -0.253. The van der Waals surface area contributed by atoms with Crippen molar-refractivity contribution in [3.8, 4) is 0 Å². The topological polar surface area (TPSA) is 120 Å². The number of ether oxygens (including phenoxy) is 2. The zero-order chi connectivity index (χ0) is 31.3. The molecule has 236 valence electrons. The number of aliphatic hydroxyl groups is 1. The molecular weight excluding hydrogens is 558 g/mol. The molecule has 0 spiro atoms. The Morgan fingerprint density at radius 1 is 0.864 bits per heavy atom. The first-order chi connectivity index (χ1) is 21.4. The maximum absolute atomic E-state index is 12.3. The molecular formula is C35H45N3O6. The highest BCUT2D eigenvalue weighted by molar-refractivity contribution is 5.76. The minimum Gasteiger partial charge on any atom is -0.392 e. The maximum Gasteiger partial charge on any atom is 0.243 e. The summed E-state index contributed by atoms with van der Waals surface area (Å²) in [6, 6.07) is 26.5. The number of carbonyl (C=O) groups is 2. The Bertz CT molecular complexity index is 1300. The van der Waals surface area contributed by atoms with Crippen LogP contribution in [0.5, 0.6) is 0 Å². The summed E-state index contributed by atoms with van der Waals surface area (Å²) in [5.41, 5.74) is 6.67. The highest BCUT2D eigenvalue weighted by Crippen LogP contribution is 2.38. The van der Waals surface area contributed by atoms with Crippen molar-refractivity contribution >= 4 is 11.8 Å². The SMILES string of the molecule is C[C@@H](c1ccccc1)N(C)C[C@H]1C[C@@H](c2ccc(CO)cc2)O[C@@H](c2ccc(CNC(=O)CCCCCC(=O)NO)cc2)O1. The molecule has 0 aromatic heterocycles. The molecule has 0 saturated carbocycles. The zero-order valence-corrected chi connectivity index (χ0v) is 25.7. The van der Waals surface area contributed by atoms with Crippen LogP contribution in [0.15, 0.2) is 78.9 Å². The number of unbranched alkanes of at least 4 members (excludes halogenated alkanes) is 2. The Hall–Kier alpha value is -3.60. The standard InChI is InChI=1S/C35H45N3O6/c1-25(28-9-5-3-6-10-28)38(2)23-31-21-32(29-17-15-27(24-39)16-18-29)44-35(43-31)30-19-13-26(14-20-30)22-36-33(40)11-7-4-8-12-34(41)37-42/h3,5-6,9-10,13-20,25,31-32,35,39,42H,4,7-8,11-12,21-24H2,1-2H3,(H,36,40)(H,37,41)/t25-,31+,32-,35-/m0/s1.